The number of nitrogens with zero attached hydrogens (tertiary/aromatic N) is 2. The molecule has 18 heavy (non-hydrogen) atoms. The molecule has 1 aliphatic rings. The fourth-order valence-electron chi connectivity index (χ4n) is 2.95. The highest BCUT2D eigenvalue weighted by Gasteiger charge is 2.28. The lowest BCUT2D eigenvalue weighted by Gasteiger charge is -2.16. The first-order valence-corrected chi connectivity index (χ1v) is 7.39. The zero-order valence-electron chi connectivity index (χ0n) is 10.8. The number of hydrogen-bond acceptors (Lipinski definition) is 2. The van der Waals surface area contributed by atoms with Gasteiger partial charge in [-0.3, -0.25) is 0 Å². The molecule has 0 spiro atoms. The zero-order valence-corrected chi connectivity index (χ0v) is 12.4. The molecule has 2 aromatic rings. The van der Waals surface area contributed by atoms with Gasteiger partial charge in [0, 0.05) is 23.0 Å². The van der Waals surface area contributed by atoms with Gasteiger partial charge in [0.05, 0.1) is 11.0 Å². The minimum absolute atomic E-state index is 0.524. The van der Waals surface area contributed by atoms with E-state index >= 15 is 0 Å². The Labute approximate surface area is 116 Å². The van der Waals surface area contributed by atoms with Crippen molar-refractivity contribution in [3.05, 3.63) is 28.5 Å². The Morgan fingerprint density at radius 2 is 2.33 bits per heavy atom. The average Bonchev–Trinajstić information content (AvgIpc) is 2.91. The van der Waals surface area contributed by atoms with Crippen LogP contribution in [0.15, 0.2) is 22.7 Å². The number of halogens is 1. The first-order chi connectivity index (χ1) is 8.70. The van der Waals surface area contributed by atoms with Crippen LogP contribution in [0, 0.1) is 0 Å². The summed E-state index contributed by atoms with van der Waals surface area (Å²) in [5, 5.41) is 3.51. The molecule has 0 saturated carbocycles. The summed E-state index contributed by atoms with van der Waals surface area (Å²) in [4.78, 5) is 4.87. The lowest BCUT2D eigenvalue weighted by molar-refractivity contribution is 0.542. The van der Waals surface area contributed by atoms with Gasteiger partial charge in [0.25, 0.3) is 0 Å². The summed E-state index contributed by atoms with van der Waals surface area (Å²) < 4.78 is 3.45. The molecule has 4 heteroatoms. The van der Waals surface area contributed by atoms with Crippen molar-refractivity contribution in [1.29, 1.82) is 0 Å². The highest BCUT2D eigenvalue weighted by Crippen LogP contribution is 2.30. The molecule has 0 aliphatic carbocycles. The van der Waals surface area contributed by atoms with Gasteiger partial charge < -0.3 is 9.88 Å². The van der Waals surface area contributed by atoms with Crippen molar-refractivity contribution in [2.24, 2.45) is 0 Å². The Kier molecular flexibility index (Phi) is 3.16. The van der Waals surface area contributed by atoms with E-state index in [0.717, 1.165) is 23.1 Å². The molecular weight excluding hydrogens is 290 g/mol. The molecule has 1 saturated heterocycles. The highest BCUT2D eigenvalue weighted by atomic mass is 79.9. The molecule has 0 bridgehead atoms. The summed E-state index contributed by atoms with van der Waals surface area (Å²) in [6.07, 6.45) is 1.19. The van der Waals surface area contributed by atoms with Gasteiger partial charge in [0.15, 0.2) is 0 Å². The molecule has 1 fully saturated rings. The minimum atomic E-state index is 0.524. The predicted octanol–water partition coefficient (Wildman–Crippen LogP) is 3.28. The summed E-state index contributed by atoms with van der Waals surface area (Å²) >= 11 is 3.52. The summed E-state index contributed by atoms with van der Waals surface area (Å²) in [7, 11) is 0. The number of benzene rings is 1. The topological polar surface area (TPSA) is 29.9 Å². The van der Waals surface area contributed by atoms with Crippen LogP contribution in [0.2, 0.25) is 0 Å². The second kappa shape index (κ2) is 4.67. The SMILES string of the molecule is CCn1c(C2CCNC2C)nc2cc(Br)ccc21. The molecule has 0 radical (unpaired) electrons. The molecule has 1 aromatic heterocycles. The van der Waals surface area contributed by atoms with E-state index in [1.807, 2.05) is 0 Å². The van der Waals surface area contributed by atoms with E-state index in [1.54, 1.807) is 0 Å². The summed E-state index contributed by atoms with van der Waals surface area (Å²) in [5.74, 6) is 1.78. The maximum absolute atomic E-state index is 4.87. The molecular formula is C14H18BrN3. The van der Waals surface area contributed by atoms with Crippen LogP contribution in [0.5, 0.6) is 0 Å². The van der Waals surface area contributed by atoms with Crippen LogP contribution in [0.1, 0.15) is 32.0 Å². The maximum atomic E-state index is 4.87. The van der Waals surface area contributed by atoms with E-state index in [0.29, 0.717) is 12.0 Å². The average molecular weight is 308 g/mol. The predicted molar refractivity (Wildman–Crippen MR) is 77.9 cm³/mol. The Balaban J connectivity index is 2.16. The lowest BCUT2D eigenvalue weighted by atomic mass is 10.0. The fraction of sp³-hybridized carbons (Fsp3) is 0.500. The third-order valence-electron chi connectivity index (χ3n) is 3.91. The summed E-state index contributed by atoms with van der Waals surface area (Å²) in [6, 6.07) is 6.89. The maximum Gasteiger partial charge on any atom is 0.114 e. The molecule has 3 nitrogen and oxygen atoms in total. The molecule has 2 heterocycles. The third-order valence-corrected chi connectivity index (χ3v) is 4.41. The van der Waals surface area contributed by atoms with E-state index in [-0.39, 0.29) is 0 Å². The van der Waals surface area contributed by atoms with Crippen molar-refractivity contribution in [3.8, 4) is 0 Å². The first kappa shape index (κ1) is 12.2. The van der Waals surface area contributed by atoms with Crippen LogP contribution in [0.25, 0.3) is 11.0 Å². The molecule has 1 N–H and O–H groups in total. The summed E-state index contributed by atoms with van der Waals surface area (Å²) in [5.41, 5.74) is 2.34. The Hall–Kier alpha value is -0.870. The van der Waals surface area contributed by atoms with Gasteiger partial charge in [0.2, 0.25) is 0 Å². The van der Waals surface area contributed by atoms with Gasteiger partial charge in [0.1, 0.15) is 5.82 Å². The Morgan fingerprint density at radius 3 is 3.00 bits per heavy atom. The minimum Gasteiger partial charge on any atom is -0.328 e. The number of imidazole rings is 1. The van der Waals surface area contributed by atoms with Crippen molar-refractivity contribution in [2.75, 3.05) is 6.54 Å². The molecule has 96 valence electrons. The van der Waals surface area contributed by atoms with Crippen molar-refractivity contribution in [1.82, 2.24) is 14.9 Å². The number of aryl methyl sites for hydroxylation is 1. The number of hydrogen-bond donors (Lipinski definition) is 1. The molecule has 0 amide bonds. The number of fused-ring (bicyclic) bond motifs is 1. The van der Waals surface area contributed by atoms with Gasteiger partial charge in [-0.1, -0.05) is 15.9 Å². The monoisotopic (exact) mass is 307 g/mol. The first-order valence-electron chi connectivity index (χ1n) is 6.59. The van der Waals surface area contributed by atoms with Crippen molar-refractivity contribution >= 4 is 27.0 Å². The number of aromatic nitrogens is 2. The van der Waals surface area contributed by atoms with Crippen LogP contribution in [-0.2, 0) is 6.54 Å². The molecule has 1 aliphatic heterocycles. The van der Waals surface area contributed by atoms with Gasteiger partial charge in [-0.2, -0.15) is 0 Å². The van der Waals surface area contributed by atoms with Gasteiger partial charge in [-0.25, -0.2) is 4.98 Å². The van der Waals surface area contributed by atoms with E-state index in [9.17, 15) is 0 Å². The standard InChI is InChI=1S/C14H18BrN3/c1-3-18-13-5-4-10(15)8-12(13)17-14(18)11-6-7-16-9(11)2/h4-5,8-9,11,16H,3,6-7H2,1-2H3. The van der Waals surface area contributed by atoms with Gasteiger partial charge >= 0.3 is 0 Å². The molecule has 3 rings (SSSR count). The van der Waals surface area contributed by atoms with Crippen LogP contribution < -0.4 is 5.32 Å². The Bertz CT molecular complexity index is 576. The third kappa shape index (κ3) is 1.88. The van der Waals surface area contributed by atoms with Crippen LogP contribution in [0.3, 0.4) is 0 Å². The number of rotatable bonds is 2. The second-order valence-corrected chi connectivity index (χ2v) is 5.90. The smallest absolute Gasteiger partial charge is 0.114 e. The summed E-state index contributed by atoms with van der Waals surface area (Å²) in [6.45, 7) is 6.53. The van der Waals surface area contributed by atoms with Crippen molar-refractivity contribution in [2.45, 2.75) is 38.8 Å². The molecule has 2 unspecified atom stereocenters. The van der Waals surface area contributed by atoms with E-state index in [2.05, 4.69) is 57.9 Å². The fourth-order valence-corrected chi connectivity index (χ4v) is 3.30. The molecule has 2 atom stereocenters. The van der Waals surface area contributed by atoms with Crippen LogP contribution >= 0.6 is 15.9 Å². The molecule has 1 aromatic carbocycles. The normalized spacial score (nSPS) is 23.9. The number of nitrogens with one attached hydrogen (secondary N) is 1. The lowest BCUT2D eigenvalue weighted by Crippen LogP contribution is -2.23. The van der Waals surface area contributed by atoms with Crippen LogP contribution in [-0.4, -0.2) is 22.1 Å². The van der Waals surface area contributed by atoms with Crippen molar-refractivity contribution < 1.29 is 0 Å². The van der Waals surface area contributed by atoms with E-state index < -0.39 is 0 Å². The van der Waals surface area contributed by atoms with Gasteiger partial charge in [-0.15, -0.1) is 0 Å². The Morgan fingerprint density at radius 1 is 1.50 bits per heavy atom. The van der Waals surface area contributed by atoms with E-state index in [1.165, 1.54) is 17.8 Å². The second-order valence-electron chi connectivity index (χ2n) is 4.99. The van der Waals surface area contributed by atoms with Crippen molar-refractivity contribution in [3.63, 3.8) is 0 Å². The quantitative estimate of drug-likeness (QED) is 0.922. The van der Waals surface area contributed by atoms with Gasteiger partial charge in [-0.05, 0) is 45.0 Å². The largest absolute Gasteiger partial charge is 0.328 e. The van der Waals surface area contributed by atoms with Crippen LogP contribution in [0.4, 0.5) is 0 Å². The zero-order chi connectivity index (χ0) is 12.7. The van der Waals surface area contributed by atoms with E-state index in [4.69, 9.17) is 4.98 Å². The highest BCUT2D eigenvalue weighted by molar-refractivity contribution is 9.10.